The molecular formula is C60H37N5. The van der Waals surface area contributed by atoms with Crippen molar-refractivity contribution in [1.82, 2.24) is 19.9 Å². The fourth-order valence-corrected chi connectivity index (χ4v) is 9.63. The summed E-state index contributed by atoms with van der Waals surface area (Å²) in [6.07, 6.45) is 7.51. The molecule has 4 heterocycles. The summed E-state index contributed by atoms with van der Waals surface area (Å²) in [6, 6.07) is 72.0. The fraction of sp³-hybridized carbons (Fsp3) is 0. The molecule has 302 valence electrons. The summed E-state index contributed by atoms with van der Waals surface area (Å²) in [5.41, 5.74) is 11.5. The van der Waals surface area contributed by atoms with E-state index in [2.05, 4.69) is 203 Å². The zero-order chi connectivity index (χ0) is 42.8. The first-order valence-electron chi connectivity index (χ1n) is 21.9. The molecule has 0 saturated heterocycles. The minimum absolute atomic E-state index is 0.927. The largest absolute Gasteiger partial charge is 0.310 e. The minimum atomic E-state index is 0.927. The number of hydrogen-bond donors (Lipinski definition) is 0. The molecule has 0 aliphatic carbocycles. The first-order valence-corrected chi connectivity index (χ1v) is 21.9. The van der Waals surface area contributed by atoms with Crippen LogP contribution in [0.2, 0.25) is 0 Å². The standard InChI is InChI=1S/C60H37N5/c1-2-4-43-33-44(6-5-38(43)3-1)45-13-21-51-46(34-45)7-8-47-35-50(20-22-52(47)51)65(48-16-9-41(10-17-48)57-27-23-53-55-36-61-31-29-39(55)14-25-59(53)63-57)49-18-11-42(12-19-49)58-28-24-54-56-37-62-32-30-40(56)15-26-60(54)64-58/h1-37H. The second-order valence-corrected chi connectivity index (χ2v) is 16.7. The first kappa shape index (κ1) is 36.8. The van der Waals surface area contributed by atoms with E-state index in [-0.39, 0.29) is 0 Å². The van der Waals surface area contributed by atoms with Crippen LogP contribution in [0.3, 0.4) is 0 Å². The van der Waals surface area contributed by atoms with E-state index >= 15 is 0 Å². The maximum atomic E-state index is 5.10. The Bertz CT molecular complexity index is 3850. The summed E-state index contributed by atoms with van der Waals surface area (Å²) in [5, 5.41) is 14.1. The molecule has 0 aliphatic heterocycles. The van der Waals surface area contributed by atoms with Crippen LogP contribution < -0.4 is 4.90 Å². The second-order valence-electron chi connectivity index (χ2n) is 16.7. The van der Waals surface area contributed by atoms with Crippen molar-refractivity contribution in [2.45, 2.75) is 0 Å². The molecule has 0 saturated carbocycles. The first-order chi connectivity index (χ1) is 32.2. The van der Waals surface area contributed by atoms with Gasteiger partial charge in [0.2, 0.25) is 0 Å². The van der Waals surface area contributed by atoms with Gasteiger partial charge in [-0.25, -0.2) is 9.97 Å². The monoisotopic (exact) mass is 827 g/mol. The van der Waals surface area contributed by atoms with Crippen LogP contribution >= 0.6 is 0 Å². The highest BCUT2D eigenvalue weighted by Crippen LogP contribution is 2.40. The lowest BCUT2D eigenvalue weighted by Crippen LogP contribution is -2.10. The van der Waals surface area contributed by atoms with E-state index in [1.165, 1.54) is 43.4 Å². The van der Waals surface area contributed by atoms with E-state index in [0.29, 0.717) is 0 Å². The number of anilines is 3. The highest BCUT2D eigenvalue weighted by molar-refractivity contribution is 6.10. The summed E-state index contributed by atoms with van der Waals surface area (Å²) in [4.78, 5) is 21.3. The van der Waals surface area contributed by atoms with Crippen LogP contribution in [-0.4, -0.2) is 19.9 Å². The topological polar surface area (TPSA) is 54.8 Å². The Labute approximate surface area is 374 Å². The third-order valence-electron chi connectivity index (χ3n) is 13.0. The summed E-state index contributed by atoms with van der Waals surface area (Å²) in [5.74, 6) is 0. The molecule has 5 heteroatoms. The quantitative estimate of drug-likeness (QED) is 0.156. The molecule has 0 spiro atoms. The van der Waals surface area contributed by atoms with Crippen LogP contribution in [-0.2, 0) is 0 Å². The smallest absolute Gasteiger partial charge is 0.0716 e. The number of hydrogen-bond acceptors (Lipinski definition) is 5. The normalized spacial score (nSPS) is 11.7. The van der Waals surface area contributed by atoms with Crippen molar-refractivity contribution in [3.8, 4) is 33.6 Å². The van der Waals surface area contributed by atoms with Gasteiger partial charge in [-0.15, -0.1) is 0 Å². The van der Waals surface area contributed by atoms with Gasteiger partial charge in [-0.1, -0.05) is 103 Å². The SMILES string of the molecule is c1ccc2cc(-c3ccc4c(ccc5cc(N(c6ccc(-c7ccc8c(ccc9ccncc98)n7)cc6)c6ccc(-c7ccc8c(ccc9ccncc98)n7)cc6)ccc54)c3)ccc2c1. The highest BCUT2D eigenvalue weighted by Gasteiger charge is 2.16. The van der Waals surface area contributed by atoms with Gasteiger partial charge < -0.3 is 4.90 Å². The third kappa shape index (κ3) is 6.40. The number of aromatic nitrogens is 4. The van der Waals surface area contributed by atoms with Gasteiger partial charge in [0.05, 0.1) is 22.4 Å². The van der Waals surface area contributed by atoms with E-state index in [1.54, 1.807) is 0 Å². The molecule has 13 rings (SSSR count). The van der Waals surface area contributed by atoms with Crippen molar-refractivity contribution in [1.29, 1.82) is 0 Å². The van der Waals surface area contributed by atoms with Crippen molar-refractivity contribution in [2.75, 3.05) is 4.90 Å². The van der Waals surface area contributed by atoms with E-state index in [1.807, 2.05) is 36.9 Å². The number of fused-ring (bicyclic) bond motifs is 10. The van der Waals surface area contributed by atoms with Crippen molar-refractivity contribution in [2.24, 2.45) is 0 Å². The van der Waals surface area contributed by atoms with Gasteiger partial charge in [0, 0.05) is 74.5 Å². The Hall–Kier alpha value is -8.80. The number of rotatable bonds is 6. The number of nitrogens with zero attached hydrogens (tertiary/aromatic N) is 5. The van der Waals surface area contributed by atoms with Crippen LogP contribution in [0.4, 0.5) is 17.1 Å². The molecule has 0 atom stereocenters. The Kier molecular flexibility index (Phi) is 8.46. The Morgan fingerprint density at radius 3 is 1.32 bits per heavy atom. The molecule has 9 aromatic carbocycles. The molecule has 4 aromatic heterocycles. The van der Waals surface area contributed by atoms with Gasteiger partial charge in [0.1, 0.15) is 0 Å². The van der Waals surface area contributed by atoms with E-state index in [4.69, 9.17) is 9.97 Å². The molecular weight excluding hydrogens is 791 g/mol. The summed E-state index contributed by atoms with van der Waals surface area (Å²) < 4.78 is 0. The molecule has 0 aliphatic rings. The predicted molar refractivity (Wildman–Crippen MR) is 271 cm³/mol. The molecule has 0 amide bonds. The van der Waals surface area contributed by atoms with Crippen molar-refractivity contribution < 1.29 is 0 Å². The Morgan fingerprint density at radius 2 is 0.723 bits per heavy atom. The van der Waals surface area contributed by atoms with Crippen molar-refractivity contribution in [3.63, 3.8) is 0 Å². The van der Waals surface area contributed by atoms with E-state index < -0.39 is 0 Å². The molecule has 0 N–H and O–H groups in total. The molecule has 5 nitrogen and oxygen atoms in total. The van der Waals surface area contributed by atoms with Crippen molar-refractivity contribution >= 4 is 92.7 Å². The Morgan fingerprint density at radius 1 is 0.277 bits per heavy atom. The maximum absolute atomic E-state index is 5.10. The average Bonchev–Trinajstić information content (AvgIpc) is 3.38. The zero-order valence-corrected chi connectivity index (χ0v) is 35.1. The van der Waals surface area contributed by atoms with Crippen LogP contribution in [0, 0.1) is 0 Å². The average molecular weight is 828 g/mol. The Balaban J connectivity index is 0.882. The zero-order valence-electron chi connectivity index (χ0n) is 35.1. The van der Waals surface area contributed by atoms with Crippen LogP contribution in [0.1, 0.15) is 0 Å². The van der Waals surface area contributed by atoms with Gasteiger partial charge >= 0.3 is 0 Å². The van der Waals surface area contributed by atoms with Gasteiger partial charge in [-0.2, -0.15) is 0 Å². The lowest BCUT2D eigenvalue weighted by molar-refractivity contribution is 1.28. The predicted octanol–water partition coefficient (Wildman–Crippen LogP) is 15.8. The molecule has 13 aromatic rings. The highest BCUT2D eigenvalue weighted by atomic mass is 15.1. The number of pyridine rings is 4. The maximum Gasteiger partial charge on any atom is 0.0716 e. The summed E-state index contributed by atoms with van der Waals surface area (Å²) in [7, 11) is 0. The van der Waals surface area contributed by atoms with Gasteiger partial charge in [0.25, 0.3) is 0 Å². The van der Waals surface area contributed by atoms with E-state index in [9.17, 15) is 0 Å². The third-order valence-corrected chi connectivity index (χ3v) is 13.0. The molecule has 0 bridgehead atoms. The molecule has 0 fully saturated rings. The molecule has 0 unspecified atom stereocenters. The number of benzene rings is 9. The minimum Gasteiger partial charge on any atom is -0.310 e. The van der Waals surface area contributed by atoms with Gasteiger partial charge in [-0.3, -0.25) is 9.97 Å². The summed E-state index contributed by atoms with van der Waals surface area (Å²) in [6.45, 7) is 0. The molecule has 0 radical (unpaired) electrons. The van der Waals surface area contributed by atoms with Gasteiger partial charge in [-0.05, 0) is 151 Å². The lowest BCUT2D eigenvalue weighted by Gasteiger charge is -2.26. The van der Waals surface area contributed by atoms with Crippen molar-refractivity contribution in [3.05, 3.63) is 225 Å². The van der Waals surface area contributed by atoms with Crippen LogP contribution in [0.5, 0.6) is 0 Å². The second kappa shape index (κ2) is 14.9. The van der Waals surface area contributed by atoms with Gasteiger partial charge in [0.15, 0.2) is 0 Å². The lowest BCUT2D eigenvalue weighted by atomic mass is 9.96. The fourth-order valence-electron chi connectivity index (χ4n) is 9.63. The van der Waals surface area contributed by atoms with Crippen LogP contribution in [0.25, 0.3) is 109 Å². The summed E-state index contributed by atoms with van der Waals surface area (Å²) >= 11 is 0. The van der Waals surface area contributed by atoms with Crippen LogP contribution in [0.15, 0.2) is 225 Å². The molecule has 65 heavy (non-hydrogen) atoms. The van der Waals surface area contributed by atoms with E-state index in [0.717, 1.165) is 82.9 Å².